The molecule has 1 aliphatic rings. The minimum absolute atomic E-state index is 1.32. The quantitative estimate of drug-likeness (QED) is 0.515. The Labute approximate surface area is 130 Å². The molecule has 0 aliphatic carbocycles. The van der Waals surface area contributed by atoms with Gasteiger partial charge in [0.15, 0.2) is 0 Å². The Morgan fingerprint density at radius 1 is 0.500 bits per heavy atom. The lowest BCUT2D eigenvalue weighted by Gasteiger charge is -2.42. The van der Waals surface area contributed by atoms with Crippen LogP contribution in [0.2, 0.25) is 50.4 Å². The van der Waals surface area contributed by atoms with Crippen molar-refractivity contribution in [1.82, 2.24) is 0 Å². The maximum absolute atomic E-state index is 4.02. The van der Waals surface area contributed by atoms with Crippen molar-refractivity contribution in [2.45, 2.75) is 78.1 Å². The highest BCUT2D eigenvalue weighted by molar-refractivity contribution is 7.52. The van der Waals surface area contributed by atoms with E-state index in [4.69, 9.17) is 0 Å². The van der Waals surface area contributed by atoms with Gasteiger partial charge in [-0.2, -0.15) is 0 Å². The summed E-state index contributed by atoms with van der Waals surface area (Å²) in [5.74, 6) is 0. The van der Waals surface area contributed by atoms with Crippen LogP contribution in [0.15, 0.2) is 0 Å². The summed E-state index contributed by atoms with van der Waals surface area (Å²) in [6.45, 7) is 19.5. The zero-order valence-corrected chi connectivity index (χ0v) is 18.8. The maximum atomic E-state index is 4.02. The highest BCUT2D eigenvalue weighted by Crippen LogP contribution is 2.34. The zero-order valence-electron chi connectivity index (χ0n) is 14.8. The predicted molar refractivity (Wildman–Crippen MR) is 104 cm³/mol. The fourth-order valence-corrected chi connectivity index (χ4v) is 26.9. The molecule has 0 atom stereocenters. The van der Waals surface area contributed by atoms with E-state index >= 15 is 0 Å². The van der Waals surface area contributed by atoms with Crippen molar-refractivity contribution in [3.8, 4) is 22.2 Å². The summed E-state index contributed by atoms with van der Waals surface area (Å²) >= 11 is 0. The molecule has 0 spiro atoms. The first kappa shape index (κ1) is 18.0. The van der Waals surface area contributed by atoms with Crippen LogP contribution < -0.4 is 0 Å². The van der Waals surface area contributed by atoms with E-state index < -0.39 is 30.4 Å². The van der Waals surface area contributed by atoms with Crippen LogP contribution in [0.3, 0.4) is 0 Å². The molecule has 0 N–H and O–H groups in total. The monoisotopic (exact) mass is 336 g/mol. The summed E-state index contributed by atoms with van der Waals surface area (Å²) in [6.07, 6.45) is 0. The summed E-state index contributed by atoms with van der Waals surface area (Å²) in [4.78, 5) is 0. The molecule has 112 valence electrons. The largest absolute Gasteiger partial charge is 0.143 e. The lowest BCUT2D eigenvalue weighted by molar-refractivity contribution is 1.25. The summed E-state index contributed by atoms with van der Waals surface area (Å²) in [5.41, 5.74) is 15.9. The Morgan fingerprint density at radius 3 is 0.950 bits per heavy atom. The number of hydrogen-bond acceptors (Lipinski definition) is 0. The lowest BCUT2D eigenvalue weighted by atomic mass is 10.9. The second kappa shape index (κ2) is 6.00. The molecule has 0 aromatic heterocycles. The molecule has 4 heteroatoms. The van der Waals surface area contributed by atoms with Gasteiger partial charge in [-0.15, -0.1) is 22.2 Å². The molecule has 0 radical (unpaired) electrons. The summed E-state index contributed by atoms with van der Waals surface area (Å²) in [5, 5.41) is 0. The highest BCUT2D eigenvalue weighted by Gasteiger charge is 2.51. The molecule has 0 bridgehead atoms. The molecule has 1 heterocycles. The van der Waals surface area contributed by atoms with Crippen LogP contribution in [0.1, 0.15) is 27.7 Å². The van der Waals surface area contributed by atoms with E-state index in [1.165, 1.54) is 24.2 Å². The van der Waals surface area contributed by atoms with Crippen LogP contribution in [-0.2, 0) is 0 Å². The molecule has 0 unspecified atom stereocenters. The van der Waals surface area contributed by atoms with Crippen molar-refractivity contribution in [2.75, 3.05) is 0 Å². The van der Waals surface area contributed by atoms with Gasteiger partial charge >= 0.3 is 0 Å². The van der Waals surface area contributed by atoms with Crippen molar-refractivity contribution in [3.63, 3.8) is 0 Å². The van der Waals surface area contributed by atoms with Crippen molar-refractivity contribution in [3.05, 3.63) is 0 Å². The Kier molecular flexibility index (Phi) is 5.41. The van der Waals surface area contributed by atoms with Gasteiger partial charge in [-0.1, -0.05) is 78.1 Å². The average Bonchev–Trinajstić information content (AvgIpc) is 2.42. The number of rotatable bonds is 4. The molecule has 1 rings (SSSR count). The van der Waals surface area contributed by atoms with Gasteiger partial charge < -0.3 is 0 Å². The fourth-order valence-electron chi connectivity index (χ4n) is 3.31. The van der Waals surface area contributed by atoms with Crippen LogP contribution >= 0.6 is 0 Å². The third-order valence-electron chi connectivity index (χ3n) is 6.12. The number of hydrogen-bond donors (Lipinski definition) is 0. The van der Waals surface area contributed by atoms with Crippen LogP contribution in [-0.4, -0.2) is 30.4 Å². The summed E-state index contributed by atoms with van der Waals surface area (Å²) < 4.78 is 0. The third kappa shape index (κ3) is 2.68. The van der Waals surface area contributed by atoms with Crippen LogP contribution in [0.4, 0.5) is 0 Å². The molecular formula is C16H32Si4. The molecular weight excluding hydrogens is 305 g/mol. The first-order valence-corrected chi connectivity index (χ1v) is 21.1. The molecule has 0 fully saturated rings. The molecule has 0 aromatic rings. The van der Waals surface area contributed by atoms with Gasteiger partial charge in [-0.05, 0) is 0 Å². The van der Waals surface area contributed by atoms with Gasteiger partial charge in [-0.3, -0.25) is 0 Å². The second-order valence-corrected chi connectivity index (χ2v) is 35.2. The van der Waals surface area contributed by atoms with E-state index in [1.54, 1.807) is 0 Å². The molecule has 0 aromatic carbocycles. The minimum Gasteiger partial charge on any atom is -0.141 e. The normalized spacial score (nSPS) is 24.4. The highest BCUT2D eigenvalue weighted by atomic mass is 29.3. The van der Waals surface area contributed by atoms with E-state index in [2.05, 4.69) is 76.1 Å². The molecule has 20 heavy (non-hydrogen) atoms. The average molecular weight is 337 g/mol. The van der Waals surface area contributed by atoms with E-state index in [1.807, 2.05) is 0 Å². The summed E-state index contributed by atoms with van der Waals surface area (Å²) in [6, 6.07) is 5.30. The first-order valence-electron chi connectivity index (χ1n) is 8.24. The van der Waals surface area contributed by atoms with Gasteiger partial charge in [0, 0.05) is 0 Å². The molecule has 1 aliphatic heterocycles. The SMILES string of the molecule is CC[Si]1(CC)C#C[Si](C)(C)[Si](C)(C)C#C[Si]1(CC)CC. The second-order valence-electron chi connectivity index (χ2n) is 7.33. The lowest BCUT2D eigenvalue weighted by Crippen LogP contribution is -2.63. The Morgan fingerprint density at radius 2 is 0.750 bits per heavy atom. The standard InChI is InChI=1S/C16H32Si4/c1-9-19(10-2)15-13-17(5,6)18(7,8)14-16-20(19,11-3)12-4/h9-12H2,1-8H3. The fraction of sp³-hybridized carbons (Fsp3) is 0.750. The zero-order chi connectivity index (χ0) is 15.7. The first-order chi connectivity index (χ1) is 9.16. The third-order valence-corrected chi connectivity index (χ3v) is 39.7. The summed E-state index contributed by atoms with van der Waals surface area (Å²) in [7, 11) is -5.86. The van der Waals surface area contributed by atoms with E-state index in [0.29, 0.717) is 0 Å². The Hall–Kier alpha value is -0.0125. The van der Waals surface area contributed by atoms with Gasteiger partial charge in [0.05, 0.1) is 0 Å². The van der Waals surface area contributed by atoms with Gasteiger partial charge in [0.25, 0.3) is 0 Å². The van der Waals surface area contributed by atoms with Crippen LogP contribution in [0, 0.1) is 22.2 Å². The van der Waals surface area contributed by atoms with E-state index in [-0.39, 0.29) is 0 Å². The van der Waals surface area contributed by atoms with Crippen LogP contribution in [0.25, 0.3) is 0 Å². The molecule has 0 saturated heterocycles. The van der Waals surface area contributed by atoms with Crippen molar-refractivity contribution in [1.29, 1.82) is 0 Å². The minimum atomic E-state index is -1.48. The van der Waals surface area contributed by atoms with Crippen molar-refractivity contribution < 1.29 is 0 Å². The molecule has 0 nitrogen and oxygen atoms in total. The van der Waals surface area contributed by atoms with E-state index in [0.717, 1.165) is 0 Å². The predicted octanol–water partition coefficient (Wildman–Crippen LogP) is 4.71. The van der Waals surface area contributed by atoms with Crippen molar-refractivity contribution in [2.24, 2.45) is 0 Å². The van der Waals surface area contributed by atoms with Crippen molar-refractivity contribution >= 4 is 30.4 Å². The Bertz CT molecular complexity index is 428. The van der Waals surface area contributed by atoms with Gasteiger partial charge in [0.2, 0.25) is 0 Å². The molecule has 0 amide bonds. The molecule has 0 saturated carbocycles. The van der Waals surface area contributed by atoms with Gasteiger partial charge in [-0.25, -0.2) is 0 Å². The van der Waals surface area contributed by atoms with Gasteiger partial charge in [0.1, 0.15) is 30.4 Å². The van der Waals surface area contributed by atoms with Crippen LogP contribution in [0.5, 0.6) is 0 Å². The maximum Gasteiger partial charge on any atom is 0.143 e. The smallest absolute Gasteiger partial charge is 0.141 e. The Balaban J connectivity index is 3.62. The topological polar surface area (TPSA) is 0 Å². The van der Waals surface area contributed by atoms with E-state index in [9.17, 15) is 0 Å².